The van der Waals surface area contributed by atoms with E-state index in [0.29, 0.717) is 12.1 Å². The normalized spacial score (nSPS) is 22.2. The number of aliphatic hydroxyl groups excluding tert-OH is 1. The molecule has 0 aromatic carbocycles. The van der Waals surface area contributed by atoms with Gasteiger partial charge in [0.05, 0.1) is 11.7 Å². The molecule has 4 heteroatoms. The minimum absolute atomic E-state index is 0.0171. The number of pyridine rings is 1. The number of amides is 1. The number of nitrogens with zero attached hydrogens (tertiary/aromatic N) is 2. The molecule has 0 bridgehead atoms. The number of aromatic nitrogens is 1. The molecule has 2 heterocycles. The van der Waals surface area contributed by atoms with Gasteiger partial charge in [-0.15, -0.1) is 0 Å². The van der Waals surface area contributed by atoms with Crippen LogP contribution in [0.4, 0.5) is 0 Å². The van der Waals surface area contributed by atoms with E-state index in [1.807, 2.05) is 4.90 Å². The van der Waals surface area contributed by atoms with Gasteiger partial charge in [-0.25, -0.2) is 0 Å². The molecule has 1 N–H and O–H groups in total. The Kier molecular flexibility index (Phi) is 3.74. The van der Waals surface area contributed by atoms with Crippen molar-refractivity contribution in [3.05, 3.63) is 30.1 Å². The first-order valence-corrected chi connectivity index (χ1v) is 6.06. The molecule has 1 fully saturated rings. The maximum atomic E-state index is 12.2. The first kappa shape index (κ1) is 12.0. The monoisotopic (exact) mass is 234 g/mol. The predicted octanol–water partition coefficient (Wildman–Crippen LogP) is 1.31. The second-order valence-electron chi connectivity index (χ2n) is 4.64. The first-order chi connectivity index (χ1) is 8.18. The summed E-state index contributed by atoms with van der Waals surface area (Å²) in [4.78, 5) is 17.9. The van der Waals surface area contributed by atoms with Crippen LogP contribution < -0.4 is 0 Å². The SMILES string of the molecule is CC(O)C1CCCN(C(=O)c2cccnc2)C1. The highest BCUT2D eigenvalue weighted by Crippen LogP contribution is 2.21. The summed E-state index contributed by atoms with van der Waals surface area (Å²) in [6, 6.07) is 3.55. The second kappa shape index (κ2) is 5.27. The predicted molar refractivity (Wildman–Crippen MR) is 64.5 cm³/mol. The first-order valence-electron chi connectivity index (χ1n) is 6.06. The summed E-state index contributed by atoms with van der Waals surface area (Å²) in [6.45, 7) is 3.21. The molecule has 2 rings (SSSR count). The molecule has 92 valence electrons. The zero-order chi connectivity index (χ0) is 12.3. The molecule has 2 unspecified atom stereocenters. The summed E-state index contributed by atoms with van der Waals surface area (Å²) >= 11 is 0. The van der Waals surface area contributed by atoms with Crippen LogP contribution in [0.1, 0.15) is 30.1 Å². The Bertz CT molecular complexity index is 378. The Morgan fingerprint density at radius 1 is 1.65 bits per heavy atom. The van der Waals surface area contributed by atoms with Crippen LogP contribution in [0.5, 0.6) is 0 Å². The minimum atomic E-state index is -0.348. The lowest BCUT2D eigenvalue weighted by Crippen LogP contribution is -2.42. The number of aliphatic hydroxyl groups is 1. The highest BCUT2D eigenvalue weighted by atomic mass is 16.3. The molecule has 1 aromatic heterocycles. The highest BCUT2D eigenvalue weighted by molar-refractivity contribution is 5.93. The number of carbonyl (C=O) groups is 1. The van der Waals surface area contributed by atoms with Gasteiger partial charge < -0.3 is 10.0 Å². The zero-order valence-corrected chi connectivity index (χ0v) is 10.0. The Morgan fingerprint density at radius 2 is 2.47 bits per heavy atom. The average molecular weight is 234 g/mol. The molecule has 1 aromatic rings. The van der Waals surface area contributed by atoms with Gasteiger partial charge in [0.15, 0.2) is 0 Å². The maximum absolute atomic E-state index is 12.2. The molecule has 0 radical (unpaired) electrons. The Balaban J connectivity index is 2.05. The van der Waals surface area contributed by atoms with Gasteiger partial charge in [-0.1, -0.05) is 0 Å². The van der Waals surface area contributed by atoms with Crippen molar-refractivity contribution in [1.29, 1.82) is 0 Å². The van der Waals surface area contributed by atoms with Crippen LogP contribution in [0.25, 0.3) is 0 Å². The van der Waals surface area contributed by atoms with Crippen molar-refractivity contribution in [3.63, 3.8) is 0 Å². The van der Waals surface area contributed by atoms with Crippen molar-refractivity contribution in [2.45, 2.75) is 25.9 Å². The van der Waals surface area contributed by atoms with Crippen LogP contribution in [0, 0.1) is 5.92 Å². The molecule has 1 aliphatic rings. The number of likely N-dealkylation sites (tertiary alicyclic amines) is 1. The lowest BCUT2D eigenvalue weighted by atomic mass is 9.93. The van der Waals surface area contributed by atoms with Gasteiger partial charge in [-0.3, -0.25) is 9.78 Å². The zero-order valence-electron chi connectivity index (χ0n) is 10.0. The van der Waals surface area contributed by atoms with Crippen LogP contribution in [0.3, 0.4) is 0 Å². The van der Waals surface area contributed by atoms with Crippen LogP contribution in [0.15, 0.2) is 24.5 Å². The summed E-state index contributed by atoms with van der Waals surface area (Å²) < 4.78 is 0. The molecule has 1 aliphatic heterocycles. The molecule has 1 saturated heterocycles. The van der Waals surface area contributed by atoms with Crippen LogP contribution in [-0.4, -0.2) is 40.1 Å². The summed E-state index contributed by atoms with van der Waals surface area (Å²) in [5, 5.41) is 9.60. The Labute approximate surface area is 101 Å². The lowest BCUT2D eigenvalue weighted by molar-refractivity contribution is 0.0466. The van der Waals surface area contributed by atoms with E-state index in [0.717, 1.165) is 19.4 Å². The van der Waals surface area contributed by atoms with Gasteiger partial charge in [0.2, 0.25) is 0 Å². The van der Waals surface area contributed by atoms with Crippen LogP contribution in [-0.2, 0) is 0 Å². The molecule has 1 amide bonds. The maximum Gasteiger partial charge on any atom is 0.255 e. The standard InChI is InChI=1S/C13H18N2O2/c1-10(16)12-5-3-7-15(9-12)13(17)11-4-2-6-14-8-11/h2,4,6,8,10,12,16H,3,5,7,9H2,1H3. The third-order valence-electron chi connectivity index (χ3n) is 3.34. The Hall–Kier alpha value is -1.42. The third kappa shape index (κ3) is 2.82. The number of piperidine rings is 1. The van der Waals surface area contributed by atoms with Gasteiger partial charge in [-0.2, -0.15) is 0 Å². The summed E-state index contributed by atoms with van der Waals surface area (Å²) in [6.07, 6.45) is 4.86. The molecule has 2 atom stereocenters. The van der Waals surface area contributed by atoms with Crippen LogP contribution in [0.2, 0.25) is 0 Å². The molecular formula is C13H18N2O2. The fourth-order valence-corrected chi connectivity index (χ4v) is 2.26. The van der Waals surface area contributed by atoms with Gasteiger partial charge in [-0.05, 0) is 31.9 Å². The highest BCUT2D eigenvalue weighted by Gasteiger charge is 2.26. The van der Waals surface area contributed by atoms with Gasteiger partial charge in [0, 0.05) is 31.4 Å². The average Bonchev–Trinajstić information content (AvgIpc) is 2.39. The molecule has 0 saturated carbocycles. The van der Waals surface area contributed by atoms with Gasteiger partial charge >= 0.3 is 0 Å². The fraction of sp³-hybridized carbons (Fsp3) is 0.538. The molecular weight excluding hydrogens is 216 g/mol. The fourth-order valence-electron chi connectivity index (χ4n) is 2.26. The van der Waals surface area contributed by atoms with Crippen LogP contribution >= 0.6 is 0 Å². The van der Waals surface area contributed by atoms with E-state index >= 15 is 0 Å². The van der Waals surface area contributed by atoms with Crippen molar-refractivity contribution < 1.29 is 9.90 Å². The summed E-state index contributed by atoms with van der Waals surface area (Å²) in [7, 11) is 0. The third-order valence-corrected chi connectivity index (χ3v) is 3.34. The Morgan fingerprint density at radius 3 is 3.12 bits per heavy atom. The quantitative estimate of drug-likeness (QED) is 0.839. The van der Waals surface area contributed by atoms with Crippen molar-refractivity contribution in [3.8, 4) is 0 Å². The van der Waals surface area contributed by atoms with E-state index in [1.54, 1.807) is 31.5 Å². The second-order valence-corrected chi connectivity index (χ2v) is 4.64. The number of carbonyl (C=O) groups excluding carboxylic acids is 1. The number of hydrogen-bond acceptors (Lipinski definition) is 3. The molecule has 17 heavy (non-hydrogen) atoms. The van der Waals surface area contributed by atoms with E-state index in [4.69, 9.17) is 0 Å². The van der Waals surface area contributed by atoms with E-state index in [9.17, 15) is 9.90 Å². The molecule has 0 spiro atoms. The number of rotatable bonds is 2. The topological polar surface area (TPSA) is 53.4 Å². The summed E-state index contributed by atoms with van der Waals surface area (Å²) in [5.41, 5.74) is 0.624. The van der Waals surface area contributed by atoms with Crippen molar-refractivity contribution >= 4 is 5.91 Å². The van der Waals surface area contributed by atoms with E-state index < -0.39 is 0 Å². The minimum Gasteiger partial charge on any atom is -0.393 e. The van der Waals surface area contributed by atoms with Crippen molar-refractivity contribution in [2.75, 3.05) is 13.1 Å². The smallest absolute Gasteiger partial charge is 0.255 e. The number of hydrogen-bond donors (Lipinski definition) is 1. The molecule has 0 aliphatic carbocycles. The van der Waals surface area contributed by atoms with E-state index in [2.05, 4.69) is 4.98 Å². The van der Waals surface area contributed by atoms with E-state index in [-0.39, 0.29) is 17.9 Å². The lowest BCUT2D eigenvalue weighted by Gasteiger charge is -2.34. The summed E-state index contributed by atoms with van der Waals surface area (Å²) in [5.74, 6) is 0.216. The van der Waals surface area contributed by atoms with Gasteiger partial charge in [0.25, 0.3) is 5.91 Å². The largest absolute Gasteiger partial charge is 0.393 e. The van der Waals surface area contributed by atoms with Crippen molar-refractivity contribution in [2.24, 2.45) is 5.92 Å². The van der Waals surface area contributed by atoms with E-state index in [1.165, 1.54) is 0 Å². The molecule has 4 nitrogen and oxygen atoms in total. The van der Waals surface area contributed by atoms with Gasteiger partial charge in [0.1, 0.15) is 0 Å². The van der Waals surface area contributed by atoms with Crippen molar-refractivity contribution in [1.82, 2.24) is 9.88 Å².